The Balaban J connectivity index is 2.18. The number of hydrogen-bond acceptors (Lipinski definition) is 4. The molecule has 3 nitrogen and oxygen atoms in total. The number of anilines is 1. The van der Waals surface area contributed by atoms with Gasteiger partial charge in [0.05, 0.1) is 6.20 Å². The zero-order valence-corrected chi connectivity index (χ0v) is 12.5. The molecular weight excluding hydrogens is 310 g/mol. The first kappa shape index (κ1) is 13.1. The number of rotatable bonds is 3. The van der Waals surface area contributed by atoms with Crippen LogP contribution in [0.3, 0.4) is 0 Å². The summed E-state index contributed by atoms with van der Waals surface area (Å²) in [6.07, 6.45) is 1.62. The predicted molar refractivity (Wildman–Crippen MR) is 77.8 cm³/mol. The van der Waals surface area contributed by atoms with E-state index in [2.05, 4.69) is 50.9 Å². The highest BCUT2D eigenvalue weighted by atomic mass is 79.9. The summed E-state index contributed by atoms with van der Waals surface area (Å²) >= 11 is 4.90. The van der Waals surface area contributed by atoms with Gasteiger partial charge in [0.15, 0.2) is 5.13 Å². The first-order valence-electron chi connectivity index (χ1n) is 5.42. The average Bonchev–Trinajstić information content (AvgIpc) is 2.82. The zero-order valence-electron chi connectivity index (χ0n) is 10.1. The van der Waals surface area contributed by atoms with Gasteiger partial charge in [-0.25, -0.2) is 4.98 Å². The fourth-order valence-electron chi connectivity index (χ4n) is 1.63. The van der Waals surface area contributed by atoms with E-state index in [0.29, 0.717) is 4.88 Å². The fraction of sp³-hybridized carbons (Fsp3) is 0.231. The van der Waals surface area contributed by atoms with Crippen LogP contribution in [0.1, 0.15) is 16.0 Å². The van der Waals surface area contributed by atoms with Crippen LogP contribution in [-0.4, -0.2) is 12.0 Å². The molecule has 2 rings (SSSR count). The average molecular weight is 322 g/mol. The van der Waals surface area contributed by atoms with E-state index in [-0.39, 0.29) is 0 Å². The van der Waals surface area contributed by atoms with Crippen molar-refractivity contribution in [2.45, 2.75) is 13.5 Å². The number of nitriles is 1. The quantitative estimate of drug-likeness (QED) is 0.864. The van der Waals surface area contributed by atoms with Crippen LogP contribution in [0, 0.1) is 18.3 Å². The fourth-order valence-corrected chi connectivity index (χ4v) is 2.71. The molecule has 1 aromatic heterocycles. The molecule has 0 aliphatic carbocycles. The number of benzene rings is 1. The van der Waals surface area contributed by atoms with Crippen LogP contribution >= 0.6 is 27.3 Å². The molecule has 0 saturated heterocycles. The minimum atomic E-state index is 0.641. The van der Waals surface area contributed by atoms with Gasteiger partial charge in [-0.05, 0) is 30.2 Å². The molecule has 2 aromatic rings. The van der Waals surface area contributed by atoms with E-state index in [1.807, 2.05) is 13.1 Å². The highest BCUT2D eigenvalue weighted by molar-refractivity contribution is 9.10. The molecule has 0 saturated carbocycles. The van der Waals surface area contributed by atoms with Crippen molar-refractivity contribution in [1.29, 1.82) is 5.26 Å². The van der Waals surface area contributed by atoms with Crippen molar-refractivity contribution in [2.75, 3.05) is 11.9 Å². The van der Waals surface area contributed by atoms with Crippen molar-refractivity contribution in [3.05, 3.63) is 44.9 Å². The second-order valence-corrected chi connectivity index (χ2v) is 5.97. The number of thiazole rings is 1. The first-order chi connectivity index (χ1) is 8.60. The highest BCUT2D eigenvalue weighted by Crippen LogP contribution is 2.24. The van der Waals surface area contributed by atoms with Crippen LogP contribution < -0.4 is 4.90 Å². The lowest BCUT2D eigenvalue weighted by Gasteiger charge is -2.17. The van der Waals surface area contributed by atoms with Gasteiger partial charge in [-0.2, -0.15) is 5.26 Å². The molecular formula is C13H12BrN3S. The normalized spacial score (nSPS) is 10.1. The summed E-state index contributed by atoms with van der Waals surface area (Å²) in [5.41, 5.74) is 2.50. The van der Waals surface area contributed by atoms with Crippen LogP contribution in [0.4, 0.5) is 5.13 Å². The number of halogens is 1. The first-order valence-corrected chi connectivity index (χ1v) is 7.03. The van der Waals surface area contributed by atoms with Crippen molar-refractivity contribution < 1.29 is 0 Å². The molecule has 0 bridgehead atoms. The third kappa shape index (κ3) is 2.89. The molecule has 5 heteroatoms. The van der Waals surface area contributed by atoms with Crippen molar-refractivity contribution in [3.63, 3.8) is 0 Å². The predicted octanol–water partition coefficient (Wildman–Crippen LogP) is 3.72. The second kappa shape index (κ2) is 5.51. The Labute approximate surface area is 119 Å². The Morgan fingerprint density at radius 1 is 1.50 bits per heavy atom. The van der Waals surface area contributed by atoms with Gasteiger partial charge in [-0.1, -0.05) is 33.3 Å². The summed E-state index contributed by atoms with van der Waals surface area (Å²) in [4.78, 5) is 6.94. The summed E-state index contributed by atoms with van der Waals surface area (Å²) in [5, 5.41) is 9.67. The Morgan fingerprint density at radius 3 is 2.94 bits per heavy atom. The van der Waals surface area contributed by atoms with Crippen molar-refractivity contribution >= 4 is 32.4 Å². The zero-order chi connectivity index (χ0) is 13.1. The number of aromatic nitrogens is 1. The van der Waals surface area contributed by atoms with E-state index in [9.17, 15) is 0 Å². The van der Waals surface area contributed by atoms with E-state index in [1.165, 1.54) is 22.5 Å². The van der Waals surface area contributed by atoms with E-state index in [0.717, 1.165) is 16.1 Å². The van der Waals surface area contributed by atoms with E-state index in [1.54, 1.807) is 6.20 Å². The summed E-state index contributed by atoms with van der Waals surface area (Å²) in [6, 6.07) is 8.35. The maximum absolute atomic E-state index is 8.80. The van der Waals surface area contributed by atoms with Gasteiger partial charge in [0.25, 0.3) is 0 Å². The molecule has 0 amide bonds. The Kier molecular flexibility index (Phi) is 4.00. The lowest BCUT2D eigenvalue weighted by molar-refractivity contribution is 0.905. The standard InChI is InChI=1S/C13H12BrN3S/c1-9-3-4-11(14)5-10(9)8-17(2)13-16-7-12(6-15)18-13/h3-5,7H,8H2,1-2H3. The minimum absolute atomic E-state index is 0.641. The molecule has 0 N–H and O–H groups in total. The van der Waals surface area contributed by atoms with Gasteiger partial charge in [0, 0.05) is 18.1 Å². The maximum Gasteiger partial charge on any atom is 0.186 e. The van der Waals surface area contributed by atoms with Crippen LogP contribution in [0.2, 0.25) is 0 Å². The topological polar surface area (TPSA) is 39.9 Å². The summed E-state index contributed by atoms with van der Waals surface area (Å²) in [5.74, 6) is 0. The molecule has 1 heterocycles. The van der Waals surface area contributed by atoms with Crippen LogP contribution in [-0.2, 0) is 6.54 Å². The summed E-state index contributed by atoms with van der Waals surface area (Å²) in [7, 11) is 1.99. The lowest BCUT2D eigenvalue weighted by Crippen LogP contribution is -2.16. The van der Waals surface area contributed by atoms with Crippen molar-refractivity contribution in [2.24, 2.45) is 0 Å². The van der Waals surface area contributed by atoms with Gasteiger partial charge in [0.2, 0.25) is 0 Å². The van der Waals surface area contributed by atoms with Gasteiger partial charge in [-0.15, -0.1) is 0 Å². The number of nitrogens with zero attached hydrogens (tertiary/aromatic N) is 3. The Hall–Kier alpha value is -1.38. The third-order valence-electron chi connectivity index (χ3n) is 2.65. The van der Waals surface area contributed by atoms with E-state index < -0.39 is 0 Å². The maximum atomic E-state index is 8.80. The van der Waals surface area contributed by atoms with Gasteiger partial charge < -0.3 is 4.90 Å². The van der Waals surface area contributed by atoms with Gasteiger partial charge in [-0.3, -0.25) is 0 Å². The molecule has 0 aliphatic rings. The minimum Gasteiger partial charge on any atom is -0.347 e. The largest absolute Gasteiger partial charge is 0.347 e. The monoisotopic (exact) mass is 321 g/mol. The molecule has 92 valence electrons. The Bertz CT molecular complexity index is 601. The lowest BCUT2D eigenvalue weighted by atomic mass is 10.1. The highest BCUT2D eigenvalue weighted by Gasteiger charge is 2.09. The molecule has 1 aromatic carbocycles. The summed E-state index contributed by atoms with van der Waals surface area (Å²) in [6.45, 7) is 2.88. The smallest absolute Gasteiger partial charge is 0.186 e. The van der Waals surface area contributed by atoms with Crippen LogP contribution in [0.15, 0.2) is 28.9 Å². The van der Waals surface area contributed by atoms with Crippen LogP contribution in [0.25, 0.3) is 0 Å². The SMILES string of the molecule is Cc1ccc(Br)cc1CN(C)c1ncc(C#N)s1. The third-order valence-corrected chi connectivity index (χ3v) is 4.16. The van der Waals surface area contributed by atoms with E-state index >= 15 is 0 Å². The molecule has 0 spiro atoms. The van der Waals surface area contributed by atoms with Crippen LogP contribution in [0.5, 0.6) is 0 Å². The Morgan fingerprint density at radius 2 is 2.28 bits per heavy atom. The molecule has 0 unspecified atom stereocenters. The summed E-state index contributed by atoms with van der Waals surface area (Å²) < 4.78 is 1.08. The number of aryl methyl sites for hydroxylation is 1. The molecule has 0 atom stereocenters. The van der Waals surface area contributed by atoms with E-state index in [4.69, 9.17) is 5.26 Å². The van der Waals surface area contributed by atoms with Crippen molar-refractivity contribution in [3.8, 4) is 6.07 Å². The molecule has 0 aliphatic heterocycles. The molecule has 18 heavy (non-hydrogen) atoms. The number of hydrogen-bond donors (Lipinski definition) is 0. The molecule has 0 fully saturated rings. The second-order valence-electron chi connectivity index (χ2n) is 4.05. The van der Waals surface area contributed by atoms with Crippen molar-refractivity contribution in [1.82, 2.24) is 4.98 Å². The van der Waals surface area contributed by atoms with Gasteiger partial charge in [0.1, 0.15) is 10.9 Å². The van der Waals surface area contributed by atoms with Gasteiger partial charge >= 0.3 is 0 Å². The molecule has 0 radical (unpaired) electrons.